The summed E-state index contributed by atoms with van der Waals surface area (Å²) in [5.74, 6) is 3.46. The molecule has 0 aliphatic rings. The lowest BCUT2D eigenvalue weighted by Crippen LogP contribution is -1.96. The molecule has 62 valence electrons. The van der Waals surface area contributed by atoms with Crippen LogP contribution in [0.1, 0.15) is 12.0 Å². The smallest absolute Gasteiger partial charge is 0.122 e. The molecule has 1 nitrogen and oxygen atoms in total. The molecule has 12 heavy (non-hydrogen) atoms. The van der Waals surface area contributed by atoms with Crippen LogP contribution in [0.25, 0.3) is 0 Å². The number of hydrogen-bond acceptors (Lipinski definition) is 1. The van der Waals surface area contributed by atoms with Crippen molar-refractivity contribution < 1.29 is 4.74 Å². The SMILES string of the molecule is C#CCCOc1ccccc1C. The number of benzene rings is 1. The van der Waals surface area contributed by atoms with Crippen molar-refractivity contribution in [1.82, 2.24) is 0 Å². The van der Waals surface area contributed by atoms with Crippen molar-refractivity contribution in [2.24, 2.45) is 0 Å². The van der Waals surface area contributed by atoms with Gasteiger partial charge in [-0.2, -0.15) is 0 Å². The molecule has 0 saturated heterocycles. The van der Waals surface area contributed by atoms with E-state index in [9.17, 15) is 0 Å². The highest BCUT2D eigenvalue weighted by atomic mass is 16.5. The standard InChI is InChI=1S/C11H12O/c1-3-4-9-12-11-8-6-5-7-10(11)2/h1,5-8H,4,9H2,2H3. The van der Waals surface area contributed by atoms with E-state index < -0.39 is 0 Å². The van der Waals surface area contributed by atoms with Crippen LogP contribution in [0.5, 0.6) is 5.75 Å². The second-order valence-corrected chi connectivity index (χ2v) is 2.57. The Kier molecular flexibility index (Phi) is 3.22. The van der Waals surface area contributed by atoms with E-state index in [0.29, 0.717) is 13.0 Å². The molecule has 1 aromatic carbocycles. The van der Waals surface area contributed by atoms with E-state index in [1.165, 1.54) is 0 Å². The van der Waals surface area contributed by atoms with Gasteiger partial charge in [0, 0.05) is 6.42 Å². The van der Waals surface area contributed by atoms with Crippen LogP contribution in [0.4, 0.5) is 0 Å². The molecule has 0 amide bonds. The molecule has 0 aromatic heterocycles. The summed E-state index contributed by atoms with van der Waals surface area (Å²) in [4.78, 5) is 0. The van der Waals surface area contributed by atoms with Gasteiger partial charge in [0.25, 0.3) is 0 Å². The van der Waals surface area contributed by atoms with Gasteiger partial charge in [0.2, 0.25) is 0 Å². The Labute approximate surface area is 73.4 Å². The number of hydrogen-bond donors (Lipinski definition) is 0. The Hall–Kier alpha value is -1.42. The van der Waals surface area contributed by atoms with Crippen LogP contribution in [0.2, 0.25) is 0 Å². The highest BCUT2D eigenvalue weighted by molar-refractivity contribution is 5.31. The molecule has 1 rings (SSSR count). The number of terminal acetylenes is 1. The zero-order chi connectivity index (χ0) is 8.81. The van der Waals surface area contributed by atoms with Crippen LogP contribution in [0.3, 0.4) is 0 Å². The van der Waals surface area contributed by atoms with Crippen molar-refractivity contribution in [1.29, 1.82) is 0 Å². The fraction of sp³-hybridized carbons (Fsp3) is 0.273. The van der Waals surface area contributed by atoms with Gasteiger partial charge in [0.15, 0.2) is 0 Å². The van der Waals surface area contributed by atoms with Gasteiger partial charge in [0.05, 0.1) is 6.61 Å². The Balaban J connectivity index is 2.53. The predicted octanol–water partition coefficient (Wildman–Crippen LogP) is 2.40. The molecule has 0 N–H and O–H groups in total. The molecule has 0 unspecified atom stereocenters. The largest absolute Gasteiger partial charge is 0.492 e. The quantitative estimate of drug-likeness (QED) is 0.487. The Bertz CT molecular complexity index is 283. The Morgan fingerprint density at radius 1 is 1.42 bits per heavy atom. The van der Waals surface area contributed by atoms with Gasteiger partial charge >= 0.3 is 0 Å². The maximum Gasteiger partial charge on any atom is 0.122 e. The van der Waals surface area contributed by atoms with Crippen LogP contribution in [0.15, 0.2) is 24.3 Å². The first-order chi connectivity index (χ1) is 5.84. The van der Waals surface area contributed by atoms with E-state index in [0.717, 1.165) is 11.3 Å². The number of rotatable bonds is 3. The molecule has 0 aliphatic carbocycles. The second kappa shape index (κ2) is 4.46. The van der Waals surface area contributed by atoms with Crippen LogP contribution >= 0.6 is 0 Å². The molecule has 0 radical (unpaired) electrons. The highest BCUT2D eigenvalue weighted by Gasteiger charge is 1.94. The fourth-order valence-electron chi connectivity index (χ4n) is 0.938. The van der Waals surface area contributed by atoms with Gasteiger partial charge in [-0.05, 0) is 18.6 Å². The number of aryl methyl sites for hydroxylation is 1. The summed E-state index contributed by atoms with van der Waals surface area (Å²) in [6.45, 7) is 2.62. The fourth-order valence-corrected chi connectivity index (χ4v) is 0.938. The zero-order valence-corrected chi connectivity index (χ0v) is 7.21. The normalized spacial score (nSPS) is 9.00. The predicted molar refractivity (Wildman–Crippen MR) is 50.1 cm³/mol. The van der Waals surface area contributed by atoms with Crippen molar-refractivity contribution in [2.75, 3.05) is 6.61 Å². The van der Waals surface area contributed by atoms with Crippen LogP contribution in [-0.4, -0.2) is 6.61 Å². The van der Waals surface area contributed by atoms with Gasteiger partial charge in [-0.1, -0.05) is 18.2 Å². The summed E-state index contributed by atoms with van der Waals surface area (Å²) >= 11 is 0. The third kappa shape index (κ3) is 2.32. The molecule has 0 heterocycles. The van der Waals surface area contributed by atoms with Gasteiger partial charge < -0.3 is 4.74 Å². The van der Waals surface area contributed by atoms with E-state index in [1.54, 1.807) is 0 Å². The lowest BCUT2D eigenvalue weighted by molar-refractivity contribution is 0.325. The molecule has 0 aliphatic heterocycles. The maximum atomic E-state index is 5.43. The molecule has 1 heteroatoms. The summed E-state index contributed by atoms with van der Waals surface area (Å²) in [6, 6.07) is 7.92. The summed E-state index contributed by atoms with van der Waals surface area (Å²) in [5.41, 5.74) is 1.15. The minimum absolute atomic E-state index is 0.599. The minimum Gasteiger partial charge on any atom is -0.492 e. The summed E-state index contributed by atoms with van der Waals surface area (Å²) in [6.07, 6.45) is 5.76. The van der Waals surface area contributed by atoms with Crippen LogP contribution in [-0.2, 0) is 0 Å². The summed E-state index contributed by atoms with van der Waals surface area (Å²) < 4.78 is 5.43. The lowest BCUT2D eigenvalue weighted by Gasteiger charge is -2.05. The molecular formula is C11H12O. The van der Waals surface area contributed by atoms with Crippen LogP contribution < -0.4 is 4.74 Å². The third-order valence-corrected chi connectivity index (χ3v) is 1.60. The summed E-state index contributed by atoms with van der Waals surface area (Å²) in [5, 5.41) is 0. The van der Waals surface area contributed by atoms with Gasteiger partial charge in [-0.15, -0.1) is 12.3 Å². The van der Waals surface area contributed by atoms with Gasteiger partial charge in [0.1, 0.15) is 5.75 Å². The van der Waals surface area contributed by atoms with Crippen molar-refractivity contribution in [3.63, 3.8) is 0 Å². The molecule has 0 bridgehead atoms. The average molecular weight is 160 g/mol. The molecular weight excluding hydrogens is 148 g/mol. The van der Waals surface area contributed by atoms with E-state index in [-0.39, 0.29) is 0 Å². The second-order valence-electron chi connectivity index (χ2n) is 2.57. The zero-order valence-electron chi connectivity index (χ0n) is 7.21. The maximum absolute atomic E-state index is 5.43. The van der Waals surface area contributed by atoms with Crippen molar-refractivity contribution in [3.8, 4) is 18.1 Å². The van der Waals surface area contributed by atoms with E-state index in [4.69, 9.17) is 11.2 Å². The lowest BCUT2D eigenvalue weighted by atomic mass is 10.2. The van der Waals surface area contributed by atoms with Gasteiger partial charge in [-0.3, -0.25) is 0 Å². The molecule has 1 aromatic rings. The van der Waals surface area contributed by atoms with E-state index in [1.807, 2.05) is 31.2 Å². The third-order valence-electron chi connectivity index (χ3n) is 1.60. The summed E-state index contributed by atoms with van der Waals surface area (Å²) in [7, 11) is 0. The van der Waals surface area contributed by atoms with Crippen molar-refractivity contribution in [2.45, 2.75) is 13.3 Å². The minimum atomic E-state index is 0.599. The topological polar surface area (TPSA) is 9.23 Å². The monoisotopic (exact) mass is 160 g/mol. The first kappa shape index (κ1) is 8.67. The number of ether oxygens (including phenoxy) is 1. The van der Waals surface area contributed by atoms with E-state index >= 15 is 0 Å². The van der Waals surface area contributed by atoms with Crippen molar-refractivity contribution in [3.05, 3.63) is 29.8 Å². The highest BCUT2D eigenvalue weighted by Crippen LogP contribution is 2.15. The molecule has 0 spiro atoms. The van der Waals surface area contributed by atoms with Gasteiger partial charge in [-0.25, -0.2) is 0 Å². The average Bonchev–Trinajstić information content (AvgIpc) is 2.09. The first-order valence-electron chi connectivity index (χ1n) is 3.96. The first-order valence-corrected chi connectivity index (χ1v) is 3.96. The molecule has 0 saturated carbocycles. The number of para-hydroxylation sites is 1. The van der Waals surface area contributed by atoms with E-state index in [2.05, 4.69) is 5.92 Å². The molecule has 0 fully saturated rings. The Morgan fingerprint density at radius 3 is 2.83 bits per heavy atom. The molecule has 0 atom stereocenters. The Morgan fingerprint density at radius 2 is 2.17 bits per heavy atom. The van der Waals surface area contributed by atoms with Crippen LogP contribution in [0, 0.1) is 19.3 Å². The van der Waals surface area contributed by atoms with Crippen molar-refractivity contribution >= 4 is 0 Å².